The minimum Gasteiger partial charge on any atom is -0.481 e. The first kappa shape index (κ1) is 28.5. The SMILES string of the molecule is Nc1cccc(-c2ccc(Oc3nccc(C(CC(=O)O)c4ccc(F)cc4)n3)cc2)n1.O=C(O)C(F)(F)F. The highest BCUT2D eigenvalue weighted by atomic mass is 19.4. The number of ether oxygens (including phenoxy) is 1. The van der Waals surface area contributed by atoms with Crippen LogP contribution < -0.4 is 10.5 Å². The Bertz CT molecular complexity index is 1430. The van der Waals surface area contributed by atoms with Crippen molar-refractivity contribution >= 4 is 17.8 Å². The largest absolute Gasteiger partial charge is 0.490 e. The number of carboxylic acid groups (broad SMARTS) is 2. The quantitative estimate of drug-likeness (QED) is 0.264. The lowest BCUT2D eigenvalue weighted by Crippen LogP contribution is -2.21. The Morgan fingerprint density at radius 1 is 0.923 bits per heavy atom. The summed E-state index contributed by atoms with van der Waals surface area (Å²) >= 11 is 0. The molecule has 1 atom stereocenters. The predicted octanol–water partition coefficient (Wildman–Crippen LogP) is 5.29. The smallest absolute Gasteiger partial charge is 0.481 e. The first-order chi connectivity index (χ1) is 18.4. The van der Waals surface area contributed by atoms with E-state index >= 15 is 0 Å². The Balaban J connectivity index is 0.000000532. The number of carboxylic acids is 2. The van der Waals surface area contributed by atoms with Crippen LogP contribution in [0.1, 0.15) is 23.6 Å². The summed E-state index contributed by atoms with van der Waals surface area (Å²) in [6.07, 6.45) is -3.79. The summed E-state index contributed by atoms with van der Waals surface area (Å²) in [7, 11) is 0. The number of aliphatic carboxylic acids is 2. The van der Waals surface area contributed by atoms with Crippen molar-refractivity contribution in [2.45, 2.75) is 18.5 Å². The fraction of sp³-hybridized carbons (Fsp3) is 0.115. The number of alkyl halides is 3. The molecule has 4 aromatic rings. The van der Waals surface area contributed by atoms with E-state index in [2.05, 4.69) is 15.0 Å². The molecule has 0 aliphatic carbocycles. The first-order valence-electron chi connectivity index (χ1n) is 11.0. The van der Waals surface area contributed by atoms with Crippen LogP contribution in [0.4, 0.5) is 23.4 Å². The van der Waals surface area contributed by atoms with Crippen LogP contribution in [-0.2, 0) is 9.59 Å². The molecule has 0 fully saturated rings. The van der Waals surface area contributed by atoms with Crippen molar-refractivity contribution in [1.29, 1.82) is 0 Å². The number of pyridine rings is 1. The highest BCUT2D eigenvalue weighted by molar-refractivity contribution is 5.73. The molecule has 4 N–H and O–H groups in total. The van der Waals surface area contributed by atoms with E-state index < -0.39 is 29.9 Å². The maximum atomic E-state index is 13.3. The number of benzene rings is 2. The van der Waals surface area contributed by atoms with Crippen LogP contribution in [0.15, 0.2) is 79.0 Å². The second-order valence-corrected chi connectivity index (χ2v) is 7.84. The topological polar surface area (TPSA) is 149 Å². The van der Waals surface area contributed by atoms with Crippen molar-refractivity contribution in [3.05, 3.63) is 96.1 Å². The third-order valence-corrected chi connectivity index (χ3v) is 5.04. The number of rotatable bonds is 7. The second-order valence-electron chi connectivity index (χ2n) is 7.84. The Kier molecular flexibility index (Phi) is 9.10. The zero-order valence-corrected chi connectivity index (χ0v) is 19.8. The third kappa shape index (κ3) is 8.49. The van der Waals surface area contributed by atoms with E-state index in [0.717, 1.165) is 11.3 Å². The van der Waals surface area contributed by atoms with Gasteiger partial charge in [-0.1, -0.05) is 18.2 Å². The lowest BCUT2D eigenvalue weighted by atomic mass is 9.92. The van der Waals surface area contributed by atoms with Crippen molar-refractivity contribution in [1.82, 2.24) is 15.0 Å². The number of carbonyl (C=O) groups is 2. The molecule has 39 heavy (non-hydrogen) atoms. The van der Waals surface area contributed by atoms with Gasteiger partial charge in [-0.2, -0.15) is 18.2 Å². The maximum absolute atomic E-state index is 13.3. The number of anilines is 1. The second kappa shape index (κ2) is 12.4. The molecule has 13 heteroatoms. The van der Waals surface area contributed by atoms with Crippen molar-refractivity contribution in [3.8, 4) is 23.0 Å². The van der Waals surface area contributed by atoms with Gasteiger partial charge in [-0.3, -0.25) is 4.79 Å². The number of aromatic nitrogens is 3. The summed E-state index contributed by atoms with van der Waals surface area (Å²) in [4.78, 5) is 33.1. The minimum atomic E-state index is -5.08. The molecule has 0 amide bonds. The molecule has 0 aliphatic rings. The number of hydrogen-bond acceptors (Lipinski definition) is 7. The summed E-state index contributed by atoms with van der Waals surface area (Å²) in [5.74, 6) is -3.78. The molecule has 2 aromatic heterocycles. The molecule has 1 unspecified atom stereocenters. The van der Waals surface area contributed by atoms with Crippen molar-refractivity contribution in [2.24, 2.45) is 0 Å². The normalized spacial score (nSPS) is 11.6. The van der Waals surface area contributed by atoms with Gasteiger partial charge < -0.3 is 20.7 Å². The summed E-state index contributed by atoms with van der Waals surface area (Å²) in [6, 6.07) is 20.0. The zero-order chi connectivity index (χ0) is 28.6. The number of nitrogens with two attached hydrogens (primary N) is 1. The Hall–Kier alpha value is -5.07. The Labute approximate surface area is 218 Å². The van der Waals surface area contributed by atoms with Gasteiger partial charge in [0.1, 0.15) is 17.4 Å². The fourth-order valence-corrected chi connectivity index (χ4v) is 3.27. The number of halogens is 4. The standard InChI is InChI=1S/C24H19FN4O3.C2HF3O2/c25-17-8-4-15(5-9-17)19(14-23(30)31)21-12-13-27-24(29-21)32-18-10-6-16(7-11-18)20-2-1-3-22(26)28-20;3-2(4,5)1(6)7/h1-13,19H,14H2,(H2,26,28)(H,30,31);(H,6,7). The average Bonchev–Trinajstić information content (AvgIpc) is 2.88. The van der Waals surface area contributed by atoms with Gasteiger partial charge in [0.05, 0.1) is 17.8 Å². The Morgan fingerprint density at radius 2 is 1.56 bits per heavy atom. The van der Waals surface area contributed by atoms with Gasteiger partial charge in [0.15, 0.2) is 0 Å². The van der Waals surface area contributed by atoms with Gasteiger partial charge in [-0.15, -0.1) is 0 Å². The molecular formula is C26H20F4N4O5. The molecule has 2 heterocycles. The van der Waals surface area contributed by atoms with Crippen LogP contribution in [0, 0.1) is 5.82 Å². The van der Waals surface area contributed by atoms with Crippen LogP contribution in [0.25, 0.3) is 11.3 Å². The van der Waals surface area contributed by atoms with E-state index in [4.69, 9.17) is 20.4 Å². The van der Waals surface area contributed by atoms with E-state index in [9.17, 15) is 27.5 Å². The average molecular weight is 544 g/mol. The third-order valence-electron chi connectivity index (χ3n) is 5.04. The molecule has 202 valence electrons. The molecule has 0 saturated carbocycles. The molecule has 4 rings (SSSR count). The van der Waals surface area contributed by atoms with Gasteiger partial charge in [-0.05, 0) is 60.2 Å². The molecule has 0 bridgehead atoms. The first-order valence-corrected chi connectivity index (χ1v) is 11.0. The zero-order valence-electron chi connectivity index (χ0n) is 19.8. The van der Waals surface area contributed by atoms with E-state index in [1.807, 2.05) is 24.3 Å². The molecule has 9 nitrogen and oxygen atoms in total. The summed E-state index contributed by atoms with van der Waals surface area (Å²) in [5.41, 5.74) is 8.45. The van der Waals surface area contributed by atoms with Crippen LogP contribution >= 0.6 is 0 Å². The van der Waals surface area contributed by atoms with E-state index in [-0.39, 0.29) is 12.4 Å². The lowest BCUT2D eigenvalue weighted by molar-refractivity contribution is -0.192. The van der Waals surface area contributed by atoms with Crippen molar-refractivity contribution in [3.63, 3.8) is 0 Å². The fourth-order valence-electron chi connectivity index (χ4n) is 3.27. The summed E-state index contributed by atoms with van der Waals surface area (Å²) < 4.78 is 50.8. The van der Waals surface area contributed by atoms with Gasteiger partial charge in [-0.25, -0.2) is 19.2 Å². The van der Waals surface area contributed by atoms with E-state index in [1.165, 1.54) is 18.3 Å². The van der Waals surface area contributed by atoms with Crippen LogP contribution in [-0.4, -0.2) is 43.3 Å². The van der Waals surface area contributed by atoms with Crippen LogP contribution in [0.2, 0.25) is 0 Å². The van der Waals surface area contributed by atoms with Crippen molar-refractivity contribution < 1.29 is 42.1 Å². The van der Waals surface area contributed by atoms with Gasteiger partial charge >= 0.3 is 24.1 Å². The molecule has 2 aromatic carbocycles. The van der Waals surface area contributed by atoms with Crippen LogP contribution in [0.5, 0.6) is 11.8 Å². The predicted molar refractivity (Wildman–Crippen MR) is 130 cm³/mol. The number of nitrogens with zero attached hydrogens (tertiary/aromatic N) is 3. The summed E-state index contributed by atoms with van der Waals surface area (Å²) in [6.45, 7) is 0. The minimum absolute atomic E-state index is 0.0785. The molecule has 0 spiro atoms. The van der Waals surface area contributed by atoms with Crippen molar-refractivity contribution in [2.75, 3.05) is 5.73 Å². The highest BCUT2D eigenvalue weighted by Gasteiger charge is 2.38. The Morgan fingerprint density at radius 3 is 2.13 bits per heavy atom. The lowest BCUT2D eigenvalue weighted by Gasteiger charge is -2.15. The molecule has 0 radical (unpaired) electrons. The monoisotopic (exact) mass is 544 g/mol. The van der Waals surface area contributed by atoms with Gasteiger partial charge in [0.25, 0.3) is 0 Å². The van der Waals surface area contributed by atoms with Crippen LogP contribution in [0.3, 0.4) is 0 Å². The molecule has 0 saturated heterocycles. The van der Waals surface area contributed by atoms with E-state index in [0.29, 0.717) is 22.8 Å². The number of hydrogen-bond donors (Lipinski definition) is 3. The molecular weight excluding hydrogens is 524 g/mol. The van der Waals surface area contributed by atoms with E-state index in [1.54, 1.807) is 36.4 Å². The maximum Gasteiger partial charge on any atom is 0.490 e. The molecule has 0 aliphatic heterocycles. The summed E-state index contributed by atoms with van der Waals surface area (Å²) in [5, 5.41) is 16.5. The highest BCUT2D eigenvalue weighted by Crippen LogP contribution is 2.29. The van der Waals surface area contributed by atoms with Gasteiger partial charge in [0.2, 0.25) is 0 Å². The van der Waals surface area contributed by atoms with Gasteiger partial charge in [0, 0.05) is 17.7 Å². The number of nitrogen functional groups attached to an aromatic ring is 1.